The number of likely N-dealkylation sites (N-methyl/N-ethyl adjacent to an activating group) is 1. The molecule has 0 aliphatic rings. The van der Waals surface area contributed by atoms with Gasteiger partial charge in [-0.15, -0.1) is 0 Å². The molecule has 0 aromatic carbocycles. The molecule has 0 aromatic rings. The van der Waals surface area contributed by atoms with Crippen molar-refractivity contribution in [3.05, 3.63) is 0 Å². The number of rotatable bonds is 9. The van der Waals surface area contributed by atoms with Gasteiger partial charge in [-0.25, -0.2) is 0 Å². The standard InChI is InChI=1S/C12H27N3O2/c1-10(2)11(7-13)8-15(3)9-12(16)14-5-6-17-4/h10-11H,5-9,13H2,1-4H3,(H,14,16). The molecular weight excluding hydrogens is 218 g/mol. The van der Waals surface area contributed by atoms with Crippen LogP contribution in [0.4, 0.5) is 0 Å². The summed E-state index contributed by atoms with van der Waals surface area (Å²) in [5.41, 5.74) is 5.71. The van der Waals surface area contributed by atoms with Crippen LogP contribution in [0.15, 0.2) is 0 Å². The molecule has 0 heterocycles. The van der Waals surface area contributed by atoms with Crippen LogP contribution in [0.25, 0.3) is 0 Å². The lowest BCUT2D eigenvalue weighted by Gasteiger charge is -2.25. The zero-order chi connectivity index (χ0) is 13.3. The largest absolute Gasteiger partial charge is 0.383 e. The van der Waals surface area contributed by atoms with E-state index in [2.05, 4.69) is 19.2 Å². The van der Waals surface area contributed by atoms with Gasteiger partial charge in [0, 0.05) is 20.2 Å². The van der Waals surface area contributed by atoms with E-state index < -0.39 is 0 Å². The number of hydrogen-bond donors (Lipinski definition) is 2. The molecule has 5 nitrogen and oxygen atoms in total. The highest BCUT2D eigenvalue weighted by Gasteiger charge is 2.15. The average molecular weight is 245 g/mol. The fourth-order valence-electron chi connectivity index (χ4n) is 1.62. The molecule has 1 amide bonds. The van der Waals surface area contributed by atoms with Crippen LogP contribution < -0.4 is 11.1 Å². The Morgan fingerprint density at radius 3 is 2.59 bits per heavy atom. The van der Waals surface area contributed by atoms with Crippen molar-refractivity contribution in [3.63, 3.8) is 0 Å². The van der Waals surface area contributed by atoms with Gasteiger partial charge in [0.25, 0.3) is 0 Å². The summed E-state index contributed by atoms with van der Waals surface area (Å²) in [6.07, 6.45) is 0. The number of hydrogen-bond acceptors (Lipinski definition) is 4. The summed E-state index contributed by atoms with van der Waals surface area (Å²) < 4.78 is 4.87. The van der Waals surface area contributed by atoms with Gasteiger partial charge in [0.15, 0.2) is 0 Å². The maximum atomic E-state index is 11.5. The molecule has 3 N–H and O–H groups in total. The van der Waals surface area contributed by atoms with E-state index in [0.717, 1.165) is 6.54 Å². The monoisotopic (exact) mass is 245 g/mol. The van der Waals surface area contributed by atoms with E-state index in [4.69, 9.17) is 10.5 Å². The Labute approximate surface area is 105 Å². The van der Waals surface area contributed by atoms with Crippen molar-refractivity contribution in [2.45, 2.75) is 13.8 Å². The SMILES string of the molecule is COCCNC(=O)CN(C)CC(CN)C(C)C. The molecule has 1 atom stereocenters. The molecule has 0 spiro atoms. The van der Waals surface area contributed by atoms with E-state index in [1.807, 2.05) is 11.9 Å². The lowest BCUT2D eigenvalue weighted by atomic mass is 9.95. The van der Waals surface area contributed by atoms with Gasteiger partial charge in [0.2, 0.25) is 5.91 Å². The van der Waals surface area contributed by atoms with Gasteiger partial charge in [0.05, 0.1) is 13.2 Å². The second kappa shape index (κ2) is 9.39. The van der Waals surface area contributed by atoms with Crippen LogP contribution in [-0.4, -0.2) is 57.8 Å². The number of nitrogens with one attached hydrogen (secondary N) is 1. The Bertz CT molecular complexity index is 210. The Hall–Kier alpha value is -0.650. The van der Waals surface area contributed by atoms with Crippen LogP contribution in [0.1, 0.15) is 13.8 Å². The first-order chi connectivity index (χ1) is 8.01. The number of nitrogens with two attached hydrogens (primary N) is 1. The summed E-state index contributed by atoms with van der Waals surface area (Å²) in [6, 6.07) is 0. The minimum absolute atomic E-state index is 0.0316. The molecule has 0 radical (unpaired) electrons. The van der Waals surface area contributed by atoms with E-state index in [9.17, 15) is 4.79 Å². The molecule has 0 aliphatic heterocycles. The lowest BCUT2D eigenvalue weighted by Crippen LogP contribution is -2.40. The maximum absolute atomic E-state index is 11.5. The number of nitrogens with zero attached hydrogens (tertiary/aromatic N) is 1. The van der Waals surface area contributed by atoms with Crippen LogP contribution in [-0.2, 0) is 9.53 Å². The second-order valence-corrected chi connectivity index (χ2v) is 4.78. The predicted octanol–water partition coefficient (Wildman–Crippen LogP) is -0.0883. The van der Waals surface area contributed by atoms with Gasteiger partial charge in [-0.1, -0.05) is 13.8 Å². The van der Waals surface area contributed by atoms with Crippen LogP contribution in [0.5, 0.6) is 0 Å². The molecule has 17 heavy (non-hydrogen) atoms. The maximum Gasteiger partial charge on any atom is 0.234 e. The Kier molecular flexibility index (Phi) is 9.03. The Morgan fingerprint density at radius 2 is 2.12 bits per heavy atom. The van der Waals surface area contributed by atoms with Crippen molar-refractivity contribution < 1.29 is 9.53 Å². The van der Waals surface area contributed by atoms with Crippen LogP contribution >= 0.6 is 0 Å². The average Bonchev–Trinajstić information content (AvgIpc) is 2.25. The summed E-state index contributed by atoms with van der Waals surface area (Å²) in [7, 11) is 3.56. The molecular formula is C12H27N3O2. The highest BCUT2D eigenvalue weighted by Crippen LogP contribution is 2.09. The molecule has 0 fully saturated rings. The van der Waals surface area contributed by atoms with Gasteiger partial charge >= 0.3 is 0 Å². The third kappa shape index (κ3) is 8.12. The van der Waals surface area contributed by atoms with E-state index in [1.54, 1.807) is 7.11 Å². The van der Waals surface area contributed by atoms with Crippen molar-refractivity contribution in [3.8, 4) is 0 Å². The third-order valence-electron chi connectivity index (χ3n) is 2.83. The molecule has 0 aliphatic carbocycles. The van der Waals surface area contributed by atoms with Crippen molar-refractivity contribution in [2.75, 3.05) is 46.9 Å². The van der Waals surface area contributed by atoms with Crippen LogP contribution in [0.3, 0.4) is 0 Å². The fourth-order valence-corrected chi connectivity index (χ4v) is 1.62. The zero-order valence-corrected chi connectivity index (χ0v) is 11.5. The number of methoxy groups -OCH3 is 1. The molecule has 0 saturated heterocycles. The molecule has 5 heteroatoms. The highest BCUT2D eigenvalue weighted by atomic mass is 16.5. The van der Waals surface area contributed by atoms with Gasteiger partial charge in [-0.05, 0) is 25.4 Å². The van der Waals surface area contributed by atoms with Crippen molar-refractivity contribution >= 4 is 5.91 Å². The Balaban J connectivity index is 3.83. The first-order valence-electron chi connectivity index (χ1n) is 6.15. The second-order valence-electron chi connectivity index (χ2n) is 4.78. The van der Waals surface area contributed by atoms with Crippen molar-refractivity contribution in [1.29, 1.82) is 0 Å². The van der Waals surface area contributed by atoms with Gasteiger partial charge in [0.1, 0.15) is 0 Å². The van der Waals surface area contributed by atoms with Gasteiger partial charge < -0.3 is 15.8 Å². The highest BCUT2D eigenvalue weighted by molar-refractivity contribution is 5.77. The number of carbonyl (C=O) groups excluding carboxylic acids is 1. The summed E-state index contributed by atoms with van der Waals surface area (Å²) >= 11 is 0. The quantitative estimate of drug-likeness (QED) is 0.557. The number of amides is 1. The smallest absolute Gasteiger partial charge is 0.234 e. The minimum Gasteiger partial charge on any atom is -0.383 e. The fraction of sp³-hybridized carbons (Fsp3) is 0.917. The molecule has 0 bridgehead atoms. The van der Waals surface area contributed by atoms with Gasteiger partial charge in [-0.3, -0.25) is 9.69 Å². The zero-order valence-electron chi connectivity index (χ0n) is 11.5. The van der Waals surface area contributed by atoms with Crippen molar-refractivity contribution in [2.24, 2.45) is 17.6 Å². The topological polar surface area (TPSA) is 67.6 Å². The van der Waals surface area contributed by atoms with E-state index in [1.165, 1.54) is 0 Å². The summed E-state index contributed by atoms with van der Waals surface area (Å²) in [4.78, 5) is 13.5. The molecule has 0 aromatic heterocycles. The van der Waals surface area contributed by atoms with Gasteiger partial charge in [-0.2, -0.15) is 0 Å². The number of ether oxygens (including phenoxy) is 1. The van der Waals surface area contributed by atoms with E-state index in [0.29, 0.717) is 38.1 Å². The Morgan fingerprint density at radius 1 is 1.47 bits per heavy atom. The minimum atomic E-state index is 0.0316. The van der Waals surface area contributed by atoms with E-state index >= 15 is 0 Å². The third-order valence-corrected chi connectivity index (χ3v) is 2.83. The predicted molar refractivity (Wildman–Crippen MR) is 69.8 cm³/mol. The van der Waals surface area contributed by atoms with E-state index in [-0.39, 0.29) is 5.91 Å². The summed E-state index contributed by atoms with van der Waals surface area (Å²) in [5.74, 6) is 1.01. The molecule has 102 valence electrons. The molecule has 1 unspecified atom stereocenters. The van der Waals surface area contributed by atoms with Crippen LogP contribution in [0.2, 0.25) is 0 Å². The summed E-state index contributed by atoms with van der Waals surface area (Å²) in [5, 5.41) is 2.80. The lowest BCUT2D eigenvalue weighted by molar-refractivity contribution is -0.122. The van der Waals surface area contributed by atoms with Crippen molar-refractivity contribution in [1.82, 2.24) is 10.2 Å². The summed E-state index contributed by atoms with van der Waals surface area (Å²) in [6.45, 7) is 7.35. The first-order valence-corrected chi connectivity index (χ1v) is 6.15. The number of carbonyl (C=O) groups is 1. The normalized spacial score (nSPS) is 13.1. The molecule has 0 saturated carbocycles. The molecule has 0 rings (SSSR count). The first kappa shape index (κ1) is 16.4. The van der Waals surface area contributed by atoms with Crippen LogP contribution in [0, 0.1) is 11.8 Å².